The molecule has 0 aromatic heterocycles. The average Bonchev–Trinajstić information content (AvgIpc) is 2.27. The molecule has 0 bridgehead atoms. The van der Waals surface area contributed by atoms with Gasteiger partial charge in [0.25, 0.3) is 0 Å². The van der Waals surface area contributed by atoms with Crippen LogP contribution in [0.1, 0.15) is 38.8 Å². The molecule has 104 valence electrons. The zero-order valence-corrected chi connectivity index (χ0v) is 12.8. The Morgan fingerprint density at radius 1 is 1.42 bits per heavy atom. The van der Waals surface area contributed by atoms with Crippen LogP contribution in [-0.4, -0.2) is 17.0 Å². The molecular weight excluding hydrogens is 310 g/mol. The molecule has 0 aliphatic carbocycles. The smallest absolute Gasteiger partial charge is 0.309 e. The number of hydrogen-bond acceptors (Lipinski definition) is 2. The van der Waals surface area contributed by atoms with Gasteiger partial charge < -0.3 is 10.4 Å². The van der Waals surface area contributed by atoms with Gasteiger partial charge >= 0.3 is 5.97 Å². The Hall–Kier alpha value is -1.36. The van der Waals surface area contributed by atoms with Crippen molar-refractivity contribution in [2.75, 3.05) is 0 Å². The van der Waals surface area contributed by atoms with E-state index >= 15 is 0 Å². The lowest BCUT2D eigenvalue weighted by Gasteiger charge is -2.20. The average molecular weight is 328 g/mol. The van der Waals surface area contributed by atoms with Gasteiger partial charge in [0.15, 0.2) is 0 Å². The Balaban J connectivity index is 2.65. The number of nitrogens with one attached hydrogen (secondary N) is 1. The van der Waals surface area contributed by atoms with Crippen molar-refractivity contribution in [1.82, 2.24) is 5.32 Å². The van der Waals surface area contributed by atoms with E-state index in [0.29, 0.717) is 0 Å². The van der Waals surface area contributed by atoms with Gasteiger partial charge in [0.2, 0.25) is 5.91 Å². The zero-order chi connectivity index (χ0) is 14.6. The van der Waals surface area contributed by atoms with Gasteiger partial charge in [-0.25, -0.2) is 0 Å². The van der Waals surface area contributed by atoms with Crippen molar-refractivity contribution >= 4 is 27.8 Å². The number of hydrogen-bond donors (Lipinski definition) is 2. The highest BCUT2D eigenvalue weighted by Crippen LogP contribution is 2.22. The molecule has 19 heavy (non-hydrogen) atoms. The van der Waals surface area contributed by atoms with Gasteiger partial charge in [-0.1, -0.05) is 28.1 Å². The highest BCUT2D eigenvalue weighted by molar-refractivity contribution is 9.10. The number of amides is 1. The fourth-order valence-electron chi connectivity index (χ4n) is 1.63. The molecule has 0 fully saturated rings. The van der Waals surface area contributed by atoms with Crippen molar-refractivity contribution in [3.8, 4) is 0 Å². The molecule has 0 saturated carbocycles. The first-order chi connectivity index (χ1) is 8.72. The Kier molecular flexibility index (Phi) is 5.11. The Morgan fingerprint density at radius 3 is 2.58 bits per heavy atom. The van der Waals surface area contributed by atoms with Crippen molar-refractivity contribution < 1.29 is 14.7 Å². The van der Waals surface area contributed by atoms with Crippen molar-refractivity contribution in [2.24, 2.45) is 5.41 Å². The minimum atomic E-state index is -1.05. The number of carboxylic acid groups (broad SMARTS) is 1. The van der Waals surface area contributed by atoms with E-state index in [-0.39, 0.29) is 18.4 Å². The molecule has 0 aliphatic rings. The molecule has 0 saturated heterocycles. The van der Waals surface area contributed by atoms with E-state index in [1.807, 2.05) is 31.2 Å². The summed E-state index contributed by atoms with van der Waals surface area (Å²) in [6.07, 6.45) is -0.0410. The van der Waals surface area contributed by atoms with Crippen LogP contribution < -0.4 is 5.32 Å². The van der Waals surface area contributed by atoms with E-state index in [4.69, 9.17) is 5.11 Å². The lowest BCUT2D eigenvalue weighted by molar-refractivity contribution is -0.149. The van der Waals surface area contributed by atoms with Crippen LogP contribution in [0.5, 0.6) is 0 Å². The molecule has 5 heteroatoms. The van der Waals surface area contributed by atoms with E-state index in [0.717, 1.165) is 10.0 Å². The van der Waals surface area contributed by atoms with E-state index in [2.05, 4.69) is 21.2 Å². The number of carbonyl (C=O) groups is 2. The fourth-order valence-corrected chi connectivity index (χ4v) is 2.05. The first-order valence-electron chi connectivity index (χ1n) is 6.00. The van der Waals surface area contributed by atoms with Gasteiger partial charge in [-0.3, -0.25) is 9.59 Å². The first-order valence-corrected chi connectivity index (χ1v) is 6.80. The van der Waals surface area contributed by atoms with Crippen molar-refractivity contribution in [2.45, 2.75) is 33.2 Å². The lowest BCUT2D eigenvalue weighted by Crippen LogP contribution is -2.34. The summed E-state index contributed by atoms with van der Waals surface area (Å²) in [7, 11) is 0. The van der Waals surface area contributed by atoms with E-state index < -0.39 is 11.4 Å². The van der Waals surface area contributed by atoms with Gasteiger partial charge in [0, 0.05) is 10.9 Å². The molecule has 1 atom stereocenters. The molecule has 1 aromatic carbocycles. The summed E-state index contributed by atoms with van der Waals surface area (Å²) in [4.78, 5) is 22.8. The Morgan fingerprint density at radius 2 is 2.05 bits per heavy atom. The number of rotatable bonds is 5. The van der Waals surface area contributed by atoms with E-state index in [1.54, 1.807) is 13.8 Å². The SMILES string of the molecule is CC(NC(=O)CC(C)(C)C(=O)O)c1cccc(Br)c1. The molecule has 1 aromatic rings. The number of carbonyl (C=O) groups excluding carboxylic acids is 1. The maximum atomic E-state index is 11.8. The van der Waals surface area contributed by atoms with Gasteiger partial charge in [-0.05, 0) is 38.5 Å². The van der Waals surface area contributed by atoms with Crippen molar-refractivity contribution in [3.63, 3.8) is 0 Å². The van der Waals surface area contributed by atoms with E-state index in [1.165, 1.54) is 0 Å². The molecule has 1 rings (SSSR count). The van der Waals surface area contributed by atoms with E-state index in [9.17, 15) is 9.59 Å². The second kappa shape index (κ2) is 6.19. The van der Waals surface area contributed by atoms with Crippen LogP contribution in [0.2, 0.25) is 0 Å². The molecule has 1 amide bonds. The van der Waals surface area contributed by atoms with Crippen LogP contribution in [0.25, 0.3) is 0 Å². The molecule has 0 radical (unpaired) electrons. The normalized spacial score (nSPS) is 12.8. The van der Waals surface area contributed by atoms with Crippen LogP contribution in [-0.2, 0) is 9.59 Å². The summed E-state index contributed by atoms with van der Waals surface area (Å²) in [5, 5.41) is 11.8. The Bertz CT molecular complexity index is 485. The number of halogens is 1. The molecule has 0 spiro atoms. The molecule has 4 nitrogen and oxygen atoms in total. The van der Waals surface area contributed by atoms with Gasteiger partial charge in [0.05, 0.1) is 11.5 Å². The third-order valence-electron chi connectivity index (χ3n) is 2.91. The van der Waals surface area contributed by atoms with Crippen molar-refractivity contribution in [3.05, 3.63) is 34.3 Å². The number of aliphatic carboxylic acids is 1. The molecule has 0 heterocycles. The highest BCUT2D eigenvalue weighted by atomic mass is 79.9. The summed E-state index contributed by atoms with van der Waals surface area (Å²) in [5.41, 5.74) is -0.0861. The minimum Gasteiger partial charge on any atom is -0.481 e. The van der Waals surface area contributed by atoms with Crippen molar-refractivity contribution in [1.29, 1.82) is 0 Å². The Labute approximate surface area is 121 Å². The van der Waals surface area contributed by atoms with Crippen LogP contribution in [0.4, 0.5) is 0 Å². The third-order valence-corrected chi connectivity index (χ3v) is 3.40. The predicted octanol–water partition coefficient (Wildman–Crippen LogP) is 3.13. The minimum absolute atomic E-state index is 0.0410. The molecular formula is C14H18BrNO3. The molecule has 2 N–H and O–H groups in total. The summed E-state index contributed by atoms with van der Waals surface area (Å²) >= 11 is 3.37. The van der Waals surface area contributed by atoms with Crippen LogP contribution in [0.3, 0.4) is 0 Å². The zero-order valence-electron chi connectivity index (χ0n) is 11.2. The largest absolute Gasteiger partial charge is 0.481 e. The number of benzene rings is 1. The van der Waals surface area contributed by atoms with Gasteiger partial charge in [-0.2, -0.15) is 0 Å². The third kappa shape index (κ3) is 4.67. The maximum absolute atomic E-state index is 11.8. The second-order valence-electron chi connectivity index (χ2n) is 5.21. The summed E-state index contributed by atoms with van der Waals surface area (Å²) in [6.45, 7) is 4.95. The number of carboxylic acids is 1. The topological polar surface area (TPSA) is 66.4 Å². The van der Waals surface area contributed by atoms with Gasteiger partial charge in [0.1, 0.15) is 0 Å². The van der Waals surface area contributed by atoms with Gasteiger partial charge in [-0.15, -0.1) is 0 Å². The second-order valence-corrected chi connectivity index (χ2v) is 6.13. The highest BCUT2D eigenvalue weighted by Gasteiger charge is 2.30. The predicted molar refractivity (Wildman–Crippen MR) is 76.7 cm³/mol. The summed E-state index contributed by atoms with van der Waals surface area (Å²) in [5.74, 6) is -1.24. The summed E-state index contributed by atoms with van der Waals surface area (Å²) in [6, 6.07) is 7.48. The van der Waals surface area contributed by atoms with Crippen LogP contribution in [0, 0.1) is 5.41 Å². The van der Waals surface area contributed by atoms with Crippen LogP contribution in [0.15, 0.2) is 28.7 Å². The van der Waals surface area contributed by atoms with Crippen LogP contribution >= 0.6 is 15.9 Å². The monoisotopic (exact) mass is 327 g/mol. The fraction of sp³-hybridized carbons (Fsp3) is 0.429. The lowest BCUT2D eigenvalue weighted by atomic mass is 9.89. The molecule has 1 unspecified atom stereocenters. The summed E-state index contributed by atoms with van der Waals surface area (Å²) < 4.78 is 0.942. The maximum Gasteiger partial charge on any atom is 0.309 e. The molecule has 0 aliphatic heterocycles. The first kappa shape index (κ1) is 15.7. The quantitative estimate of drug-likeness (QED) is 0.873. The standard InChI is InChI=1S/C14H18BrNO3/c1-9(10-5-4-6-11(15)7-10)16-12(17)8-14(2,3)13(18)19/h4-7,9H,8H2,1-3H3,(H,16,17)(H,18,19).